The van der Waals surface area contributed by atoms with Crippen LogP contribution in [0.4, 0.5) is 0 Å². The van der Waals surface area contributed by atoms with Crippen LogP contribution < -0.4 is 5.73 Å². The maximum Gasteiger partial charge on any atom is 0.100 e. The molecule has 17 heavy (non-hydrogen) atoms. The number of hydrogen-bond donors (Lipinski definition) is 1. The smallest absolute Gasteiger partial charge is 0.100 e. The van der Waals surface area contributed by atoms with Gasteiger partial charge < -0.3 is 5.73 Å². The quantitative estimate of drug-likeness (QED) is 0.654. The van der Waals surface area contributed by atoms with Crippen LogP contribution in [0.15, 0.2) is 35.6 Å². The molecule has 0 saturated heterocycles. The lowest BCUT2D eigenvalue weighted by Crippen LogP contribution is -2.27. The average molecular weight is 246 g/mol. The Labute approximate surface area is 107 Å². The van der Waals surface area contributed by atoms with Crippen LogP contribution in [-0.2, 0) is 5.41 Å². The molecule has 2 nitrogen and oxygen atoms in total. The van der Waals surface area contributed by atoms with Gasteiger partial charge in [-0.05, 0) is 19.6 Å². The first kappa shape index (κ1) is 13.7. The van der Waals surface area contributed by atoms with Crippen molar-refractivity contribution in [2.45, 2.75) is 26.2 Å². The van der Waals surface area contributed by atoms with Gasteiger partial charge in [-0.2, -0.15) is 0 Å². The lowest BCUT2D eigenvalue weighted by Gasteiger charge is -2.18. The van der Waals surface area contributed by atoms with E-state index in [-0.39, 0.29) is 5.41 Å². The first-order valence-corrected chi connectivity index (χ1v) is 6.37. The fraction of sp³-hybridized carbons (Fsp3) is 0.357. The second-order valence-electron chi connectivity index (χ2n) is 4.34. The van der Waals surface area contributed by atoms with Crippen molar-refractivity contribution in [2.24, 2.45) is 5.73 Å². The number of nitrogens with zero attached hydrogens (tertiary/aromatic N) is 1. The van der Waals surface area contributed by atoms with Crippen molar-refractivity contribution in [1.29, 1.82) is 0 Å². The van der Waals surface area contributed by atoms with Crippen molar-refractivity contribution in [3.63, 3.8) is 0 Å². The number of aromatic nitrogens is 1. The Balaban J connectivity index is 3.19. The van der Waals surface area contributed by atoms with E-state index in [2.05, 4.69) is 36.9 Å². The standard InChI is InChI=1S/C14H18N2S/c1-5-7-11(8-6-2)12-9-17-13(16-12)14(3,4)10-15/h6,8-9H,1,10,15H2,2-4H3. The van der Waals surface area contributed by atoms with Crippen LogP contribution in [0.5, 0.6) is 0 Å². The molecule has 0 fully saturated rings. The molecular formula is C14H18N2S. The Hall–Kier alpha value is -1.37. The molecule has 0 aromatic carbocycles. The van der Waals surface area contributed by atoms with Crippen molar-refractivity contribution in [3.8, 4) is 0 Å². The lowest BCUT2D eigenvalue weighted by molar-refractivity contribution is 0.535. The molecule has 0 radical (unpaired) electrons. The maximum atomic E-state index is 5.75. The van der Waals surface area contributed by atoms with Gasteiger partial charge in [-0.15, -0.1) is 11.3 Å². The van der Waals surface area contributed by atoms with E-state index in [9.17, 15) is 0 Å². The SMILES string of the molecule is C=C=C=C(C=CC)c1csc(C(C)(C)CN)n1. The largest absolute Gasteiger partial charge is 0.330 e. The molecule has 90 valence electrons. The van der Waals surface area contributed by atoms with Crippen LogP contribution in [0.1, 0.15) is 31.5 Å². The predicted molar refractivity (Wildman–Crippen MR) is 75.1 cm³/mol. The normalized spacial score (nSPS) is 11.3. The average Bonchev–Trinajstić information content (AvgIpc) is 2.78. The zero-order chi connectivity index (χ0) is 12.9. The summed E-state index contributed by atoms with van der Waals surface area (Å²) in [6, 6.07) is 0. The molecule has 1 rings (SSSR count). The highest BCUT2D eigenvalue weighted by atomic mass is 32.1. The maximum absolute atomic E-state index is 5.75. The first-order valence-electron chi connectivity index (χ1n) is 5.49. The van der Waals surface area contributed by atoms with E-state index in [1.54, 1.807) is 11.3 Å². The third-order valence-electron chi connectivity index (χ3n) is 2.43. The highest BCUT2D eigenvalue weighted by molar-refractivity contribution is 7.09. The highest BCUT2D eigenvalue weighted by Gasteiger charge is 2.22. The molecule has 3 heteroatoms. The minimum Gasteiger partial charge on any atom is -0.330 e. The zero-order valence-electron chi connectivity index (χ0n) is 10.6. The van der Waals surface area contributed by atoms with Crippen molar-refractivity contribution in [3.05, 3.63) is 46.3 Å². The Morgan fingerprint density at radius 3 is 2.88 bits per heavy atom. The van der Waals surface area contributed by atoms with Gasteiger partial charge in [-0.25, -0.2) is 4.98 Å². The van der Waals surface area contributed by atoms with Gasteiger partial charge in [0.05, 0.1) is 11.3 Å². The summed E-state index contributed by atoms with van der Waals surface area (Å²) in [5.41, 5.74) is 13.1. The van der Waals surface area contributed by atoms with E-state index in [4.69, 9.17) is 5.73 Å². The summed E-state index contributed by atoms with van der Waals surface area (Å²) < 4.78 is 0. The molecule has 0 atom stereocenters. The second kappa shape index (κ2) is 5.81. The molecule has 1 aromatic heterocycles. The molecule has 0 unspecified atom stereocenters. The van der Waals surface area contributed by atoms with E-state index < -0.39 is 0 Å². The lowest BCUT2D eigenvalue weighted by atomic mass is 9.95. The van der Waals surface area contributed by atoms with Crippen LogP contribution in [0.2, 0.25) is 0 Å². The number of allylic oxidation sites excluding steroid dienone is 3. The summed E-state index contributed by atoms with van der Waals surface area (Å²) in [7, 11) is 0. The summed E-state index contributed by atoms with van der Waals surface area (Å²) in [5, 5.41) is 3.06. The zero-order valence-corrected chi connectivity index (χ0v) is 11.4. The third kappa shape index (κ3) is 3.29. The third-order valence-corrected chi connectivity index (χ3v) is 3.63. The summed E-state index contributed by atoms with van der Waals surface area (Å²) >= 11 is 1.63. The van der Waals surface area contributed by atoms with Crippen LogP contribution >= 0.6 is 11.3 Å². The van der Waals surface area contributed by atoms with Crippen LogP contribution in [0, 0.1) is 0 Å². The highest BCUT2D eigenvalue weighted by Crippen LogP contribution is 2.27. The summed E-state index contributed by atoms with van der Waals surface area (Å²) in [4.78, 5) is 4.61. The molecule has 0 aliphatic rings. The molecule has 0 bridgehead atoms. The molecule has 0 aliphatic carbocycles. The van der Waals surface area contributed by atoms with Gasteiger partial charge in [0.25, 0.3) is 0 Å². The fourth-order valence-corrected chi connectivity index (χ4v) is 2.20. The Morgan fingerprint density at radius 1 is 1.65 bits per heavy atom. The minimum atomic E-state index is -0.0815. The van der Waals surface area contributed by atoms with Gasteiger partial charge >= 0.3 is 0 Å². The van der Waals surface area contributed by atoms with Crippen molar-refractivity contribution >= 4 is 16.9 Å². The molecule has 0 spiro atoms. The van der Waals surface area contributed by atoms with Gasteiger partial charge in [0.2, 0.25) is 0 Å². The number of hydrogen-bond acceptors (Lipinski definition) is 3. The van der Waals surface area contributed by atoms with Gasteiger partial charge in [0.1, 0.15) is 5.01 Å². The summed E-state index contributed by atoms with van der Waals surface area (Å²) in [6.45, 7) is 10.3. The fourth-order valence-electron chi connectivity index (χ4n) is 1.25. The van der Waals surface area contributed by atoms with Crippen molar-refractivity contribution in [1.82, 2.24) is 4.98 Å². The number of rotatable bonds is 4. The molecular weight excluding hydrogens is 228 g/mol. The minimum absolute atomic E-state index is 0.0815. The molecule has 1 heterocycles. The monoisotopic (exact) mass is 246 g/mol. The van der Waals surface area contributed by atoms with Crippen molar-refractivity contribution in [2.75, 3.05) is 6.54 Å². The topological polar surface area (TPSA) is 38.9 Å². The van der Waals surface area contributed by atoms with Crippen molar-refractivity contribution < 1.29 is 0 Å². The van der Waals surface area contributed by atoms with Crippen LogP contribution in [0.25, 0.3) is 5.57 Å². The van der Waals surface area contributed by atoms with Gasteiger partial charge in [0, 0.05) is 17.3 Å². The summed E-state index contributed by atoms with van der Waals surface area (Å²) in [5.74, 6) is 0. The molecule has 0 aliphatic heterocycles. The van der Waals surface area contributed by atoms with Gasteiger partial charge in [-0.1, -0.05) is 31.4 Å². The Morgan fingerprint density at radius 2 is 2.35 bits per heavy atom. The van der Waals surface area contributed by atoms with Gasteiger partial charge in [-0.3, -0.25) is 0 Å². The van der Waals surface area contributed by atoms with Crippen LogP contribution in [-0.4, -0.2) is 11.5 Å². The Kier molecular flexibility index (Phi) is 4.68. The molecule has 1 aromatic rings. The molecule has 0 amide bonds. The van der Waals surface area contributed by atoms with E-state index >= 15 is 0 Å². The van der Waals surface area contributed by atoms with E-state index in [0.29, 0.717) is 6.54 Å². The molecule has 2 N–H and O–H groups in total. The predicted octanol–water partition coefficient (Wildman–Crippen LogP) is 3.28. The van der Waals surface area contributed by atoms with Gasteiger partial charge in [0.15, 0.2) is 0 Å². The second-order valence-corrected chi connectivity index (χ2v) is 5.20. The molecule has 0 saturated carbocycles. The Bertz CT molecular complexity index is 496. The van der Waals surface area contributed by atoms with E-state index in [1.807, 2.05) is 24.5 Å². The van der Waals surface area contributed by atoms with E-state index in [0.717, 1.165) is 16.3 Å². The van der Waals surface area contributed by atoms with E-state index in [1.165, 1.54) is 0 Å². The summed E-state index contributed by atoms with van der Waals surface area (Å²) in [6.07, 6.45) is 3.90. The number of thiazole rings is 1. The number of nitrogens with two attached hydrogens (primary N) is 1. The van der Waals surface area contributed by atoms with Crippen LogP contribution in [0.3, 0.4) is 0 Å². The first-order chi connectivity index (χ1) is 8.05.